The van der Waals surface area contributed by atoms with Crippen LogP contribution in [0.15, 0.2) is 53.1 Å². The summed E-state index contributed by atoms with van der Waals surface area (Å²) < 4.78 is 5.01. The molecule has 3 rings (SSSR count). The van der Waals surface area contributed by atoms with E-state index in [1.807, 2.05) is 25.1 Å². The summed E-state index contributed by atoms with van der Waals surface area (Å²) >= 11 is 0. The van der Waals surface area contributed by atoms with Gasteiger partial charge in [0.1, 0.15) is 0 Å². The maximum Gasteiger partial charge on any atom is 0.286 e. The zero-order chi connectivity index (χ0) is 19.2. The number of rotatable bonds is 5. The Balaban J connectivity index is 1.46. The van der Waals surface area contributed by atoms with Crippen LogP contribution in [0.25, 0.3) is 0 Å². The minimum Gasteiger partial charge on any atom is -0.459 e. The fourth-order valence-corrected chi connectivity index (χ4v) is 3.17. The number of benzene rings is 1. The van der Waals surface area contributed by atoms with Crippen molar-refractivity contribution in [1.29, 1.82) is 0 Å². The van der Waals surface area contributed by atoms with Crippen molar-refractivity contribution in [2.45, 2.75) is 19.4 Å². The quantitative estimate of drug-likeness (QED) is 0.871. The molecule has 7 heteroatoms. The van der Waals surface area contributed by atoms with Gasteiger partial charge in [0.25, 0.3) is 11.8 Å². The van der Waals surface area contributed by atoms with Crippen LogP contribution >= 0.6 is 0 Å². The van der Waals surface area contributed by atoms with E-state index in [-0.39, 0.29) is 42.5 Å². The first-order valence-electron chi connectivity index (χ1n) is 9.02. The predicted octanol–water partition coefficient (Wildman–Crippen LogP) is 1.77. The van der Waals surface area contributed by atoms with Crippen LogP contribution in [-0.4, -0.2) is 59.7 Å². The Morgan fingerprint density at radius 3 is 2.56 bits per heavy atom. The molecule has 0 aliphatic carbocycles. The Hall–Kier alpha value is -3.09. The first-order valence-corrected chi connectivity index (χ1v) is 9.02. The second-order valence-corrected chi connectivity index (χ2v) is 6.54. The molecular formula is C20H23N3O4. The lowest BCUT2D eigenvalue weighted by molar-refractivity contribution is -0.133. The first kappa shape index (κ1) is 18.7. The lowest BCUT2D eigenvalue weighted by Crippen LogP contribution is -2.55. The molecule has 0 bridgehead atoms. The first-order chi connectivity index (χ1) is 13.1. The van der Waals surface area contributed by atoms with Gasteiger partial charge in [-0.3, -0.25) is 14.4 Å². The fraction of sp³-hybridized carbons (Fsp3) is 0.350. The third-order valence-corrected chi connectivity index (χ3v) is 4.63. The van der Waals surface area contributed by atoms with E-state index < -0.39 is 0 Å². The molecule has 1 saturated heterocycles. The molecule has 1 aromatic carbocycles. The van der Waals surface area contributed by atoms with Crippen molar-refractivity contribution >= 4 is 17.7 Å². The Kier molecular flexibility index (Phi) is 5.90. The minimum absolute atomic E-state index is 0.0130. The average molecular weight is 369 g/mol. The zero-order valence-corrected chi connectivity index (χ0v) is 15.3. The second-order valence-electron chi connectivity index (χ2n) is 6.54. The summed E-state index contributed by atoms with van der Waals surface area (Å²) in [6.07, 6.45) is 1.64. The molecule has 1 aliphatic rings. The van der Waals surface area contributed by atoms with Gasteiger partial charge in [0.15, 0.2) is 5.76 Å². The van der Waals surface area contributed by atoms with Crippen molar-refractivity contribution in [2.75, 3.05) is 26.2 Å². The average Bonchev–Trinajstić information content (AvgIpc) is 3.23. The van der Waals surface area contributed by atoms with Crippen molar-refractivity contribution in [1.82, 2.24) is 15.1 Å². The standard InChI is InChI=1S/C20H23N3O4/c1-15-14-22(11-12-23(15)20(26)16-6-3-2-4-7-16)18(24)9-10-21-19(25)17-8-5-13-27-17/h2-8,13,15H,9-12,14H2,1H3,(H,21,25). The van der Waals surface area contributed by atoms with Gasteiger partial charge in [-0.25, -0.2) is 0 Å². The summed E-state index contributed by atoms with van der Waals surface area (Å²) in [6, 6.07) is 12.3. The molecule has 2 aromatic rings. The van der Waals surface area contributed by atoms with Crippen LogP contribution in [0.2, 0.25) is 0 Å². The van der Waals surface area contributed by atoms with Crippen LogP contribution in [0, 0.1) is 0 Å². The van der Waals surface area contributed by atoms with Crippen molar-refractivity contribution in [3.63, 3.8) is 0 Å². The molecule has 1 aliphatic heterocycles. The van der Waals surface area contributed by atoms with Gasteiger partial charge in [-0.15, -0.1) is 0 Å². The number of nitrogens with zero attached hydrogens (tertiary/aromatic N) is 2. The summed E-state index contributed by atoms with van der Waals surface area (Å²) in [4.78, 5) is 40.4. The molecule has 7 nitrogen and oxygen atoms in total. The molecule has 2 heterocycles. The highest BCUT2D eigenvalue weighted by Gasteiger charge is 2.30. The highest BCUT2D eigenvalue weighted by atomic mass is 16.3. The summed E-state index contributed by atoms with van der Waals surface area (Å²) in [5, 5.41) is 2.67. The monoisotopic (exact) mass is 369 g/mol. The van der Waals surface area contributed by atoms with E-state index in [1.165, 1.54) is 6.26 Å². The van der Waals surface area contributed by atoms with Crippen LogP contribution in [0.4, 0.5) is 0 Å². The van der Waals surface area contributed by atoms with E-state index in [4.69, 9.17) is 4.42 Å². The van der Waals surface area contributed by atoms with Crippen molar-refractivity contribution < 1.29 is 18.8 Å². The number of piperazine rings is 1. The molecule has 0 radical (unpaired) electrons. The smallest absolute Gasteiger partial charge is 0.286 e. The van der Waals surface area contributed by atoms with E-state index >= 15 is 0 Å². The van der Waals surface area contributed by atoms with Crippen molar-refractivity contribution in [2.24, 2.45) is 0 Å². The SMILES string of the molecule is CC1CN(C(=O)CCNC(=O)c2ccco2)CCN1C(=O)c1ccccc1. The fourth-order valence-electron chi connectivity index (χ4n) is 3.17. The largest absolute Gasteiger partial charge is 0.459 e. The summed E-state index contributed by atoms with van der Waals surface area (Å²) in [5.74, 6) is -0.155. The van der Waals surface area contributed by atoms with Gasteiger partial charge in [-0.2, -0.15) is 0 Å². The van der Waals surface area contributed by atoms with E-state index in [1.54, 1.807) is 34.1 Å². The molecule has 1 atom stereocenters. The molecule has 1 fully saturated rings. The highest BCUT2D eigenvalue weighted by molar-refractivity contribution is 5.94. The number of nitrogens with one attached hydrogen (secondary N) is 1. The maximum atomic E-state index is 12.6. The molecule has 27 heavy (non-hydrogen) atoms. The lowest BCUT2D eigenvalue weighted by atomic mass is 10.1. The second kappa shape index (κ2) is 8.53. The van der Waals surface area contributed by atoms with Crippen LogP contribution in [0.1, 0.15) is 34.3 Å². The third-order valence-electron chi connectivity index (χ3n) is 4.63. The number of hydrogen-bond acceptors (Lipinski definition) is 4. The molecule has 1 unspecified atom stereocenters. The Morgan fingerprint density at radius 2 is 1.89 bits per heavy atom. The Labute approximate surface area is 157 Å². The molecule has 142 valence electrons. The summed E-state index contributed by atoms with van der Waals surface area (Å²) in [5.41, 5.74) is 0.657. The molecular weight excluding hydrogens is 346 g/mol. The van der Waals surface area contributed by atoms with E-state index in [0.717, 1.165) is 0 Å². The van der Waals surface area contributed by atoms with E-state index in [0.29, 0.717) is 25.2 Å². The number of furan rings is 1. The number of amides is 3. The van der Waals surface area contributed by atoms with Crippen LogP contribution < -0.4 is 5.32 Å². The summed E-state index contributed by atoms with van der Waals surface area (Å²) in [6.45, 7) is 3.67. The molecule has 1 aromatic heterocycles. The molecule has 3 amide bonds. The molecule has 1 N–H and O–H groups in total. The Morgan fingerprint density at radius 1 is 1.11 bits per heavy atom. The van der Waals surface area contributed by atoms with Gasteiger partial charge < -0.3 is 19.5 Å². The number of carbonyl (C=O) groups is 3. The number of hydrogen-bond donors (Lipinski definition) is 1. The minimum atomic E-state index is -0.334. The summed E-state index contributed by atoms with van der Waals surface area (Å²) in [7, 11) is 0. The van der Waals surface area contributed by atoms with Gasteiger partial charge in [0, 0.05) is 44.2 Å². The van der Waals surface area contributed by atoms with E-state index in [9.17, 15) is 14.4 Å². The molecule has 0 spiro atoms. The zero-order valence-electron chi connectivity index (χ0n) is 15.3. The van der Waals surface area contributed by atoms with Gasteiger partial charge in [0.05, 0.1) is 6.26 Å². The third kappa shape index (κ3) is 4.55. The topological polar surface area (TPSA) is 82.9 Å². The van der Waals surface area contributed by atoms with Gasteiger partial charge in [-0.1, -0.05) is 18.2 Å². The van der Waals surface area contributed by atoms with Crippen molar-refractivity contribution in [3.05, 3.63) is 60.1 Å². The van der Waals surface area contributed by atoms with Crippen molar-refractivity contribution in [3.8, 4) is 0 Å². The van der Waals surface area contributed by atoms with Gasteiger partial charge in [0.2, 0.25) is 5.91 Å². The van der Waals surface area contributed by atoms with Gasteiger partial charge in [-0.05, 0) is 31.2 Å². The lowest BCUT2D eigenvalue weighted by Gasteiger charge is -2.40. The highest BCUT2D eigenvalue weighted by Crippen LogP contribution is 2.14. The van der Waals surface area contributed by atoms with Crippen LogP contribution in [-0.2, 0) is 4.79 Å². The predicted molar refractivity (Wildman–Crippen MR) is 99.2 cm³/mol. The molecule has 0 saturated carbocycles. The van der Waals surface area contributed by atoms with E-state index in [2.05, 4.69) is 5.32 Å². The normalized spacial score (nSPS) is 16.9. The number of carbonyl (C=O) groups excluding carboxylic acids is 3. The van der Waals surface area contributed by atoms with Crippen LogP contribution in [0.3, 0.4) is 0 Å². The maximum absolute atomic E-state index is 12.6. The van der Waals surface area contributed by atoms with Crippen LogP contribution in [0.5, 0.6) is 0 Å². The Bertz CT molecular complexity index is 789. The van der Waals surface area contributed by atoms with Gasteiger partial charge >= 0.3 is 0 Å².